The molecule has 1 aromatic heterocycles. The van der Waals surface area contributed by atoms with Gasteiger partial charge in [0.15, 0.2) is 0 Å². The number of rotatable bonds is 7. The van der Waals surface area contributed by atoms with E-state index in [0.717, 1.165) is 17.1 Å². The summed E-state index contributed by atoms with van der Waals surface area (Å²) in [7, 11) is 0. The standard InChI is InChI=1S/C56H37NS/c1-3-13-38(14-4-1)39-23-25-40(26-24-39)41-27-30-45(31-28-41)57(46-32-34-52-51-21-11-12-22-55(51)58-56(52)37-46)54-36-44(29-33-48(54)42-15-5-2-6-16-42)53-35-43-17-7-8-18-47(43)49-19-9-10-20-50(49)53/h1-37H. The first-order chi connectivity index (χ1) is 28.7. The van der Waals surface area contributed by atoms with Crippen molar-refractivity contribution in [3.63, 3.8) is 0 Å². The van der Waals surface area contributed by atoms with Gasteiger partial charge in [0.2, 0.25) is 0 Å². The predicted octanol–water partition coefficient (Wildman–Crippen LogP) is 16.5. The molecule has 272 valence electrons. The van der Waals surface area contributed by atoms with Gasteiger partial charge < -0.3 is 4.90 Å². The molecule has 1 heterocycles. The van der Waals surface area contributed by atoms with Gasteiger partial charge in [0.1, 0.15) is 0 Å². The monoisotopic (exact) mass is 755 g/mol. The summed E-state index contributed by atoms with van der Waals surface area (Å²) in [5, 5.41) is 7.63. The fraction of sp³-hybridized carbons (Fsp3) is 0. The first kappa shape index (κ1) is 34.0. The van der Waals surface area contributed by atoms with E-state index >= 15 is 0 Å². The number of thiophene rings is 1. The van der Waals surface area contributed by atoms with E-state index in [2.05, 4.69) is 229 Å². The lowest BCUT2D eigenvalue weighted by molar-refractivity contribution is 1.29. The summed E-state index contributed by atoms with van der Waals surface area (Å²) in [5.74, 6) is 0. The first-order valence-electron chi connectivity index (χ1n) is 19.8. The van der Waals surface area contributed by atoms with Crippen LogP contribution in [-0.4, -0.2) is 0 Å². The van der Waals surface area contributed by atoms with Gasteiger partial charge in [0, 0.05) is 37.1 Å². The molecule has 2 heteroatoms. The fourth-order valence-corrected chi connectivity index (χ4v) is 9.75. The molecule has 11 aromatic rings. The summed E-state index contributed by atoms with van der Waals surface area (Å²) in [6, 6.07) is 82.1. The lowest BCUT2D eigenvalue weighted by Gasteiger charge is -2.29. The molecule has 0 N–H and O–H groups in total. The summed E-state index contributed by atoms with van der Waals surface area (Å²) in [4.78, 5) is 2.46. The molecule has 0 aliphatic heterocycles. The molecule has 0 fully saturated rings. The minimum atomic E-state index is 1.10. The summed E-state index contributed by atoms with van der Waals surface area (Å²) in [6.07, 6.45) is 0. The van der Waals surface area contributed by atoms with Crippen molar-refractivity contribution < 1.29 is 0 Å². The molecular formula is C56H37NS. The third-order valence-corrected chi connectivity index (χ3v) is 12.6. The van der Waals surface area contributed by atoms with Gasteiger partial charge >= 0.3 is 0 Å². The number of hydrogen-bond donors (Lipinski definition) is 0. The molecule has 58 heavy (non-hydrogen) atoms. The lowest BCUT2D eigenvalue weighted by atomic mass is 9.91. The Bertz CT molecular complexity index is 3250. The normalized spacial score (nSPS) is 11.4. The Hall–Kier alpha value is -7.26. The van der Waals surface area contributed by atoms with Crippen LogP contribution in [0.3, 0.4) is 0 Å². The van der Waals surface area contributed by atoms with Crippen LogP contribution >= 0.6 is 11.3 Å². The zero-order chi connectivity index (χ0) is 38.4. The average Bonchev–Trinajstić information content (AvgIpc) is 3.68. The first-order valence-corrected chi connectivity index (χ1v) is 20.6. The van der Waals surface area contributed by atoms with Crippen molar-refractivity contribution in [2.45, 2.75) is 0 Å². The van der Waals surface area contributed by atoms with E-state index in [4.69, 9.17) is 0 Å². The average molecular weight is 756 g/mol. The van der Waals surface area contributed by atoms with Crippen molar-refractivity contribution in [1.82, 2.24) is 0 Å². The van der Waals surface area contributed by atoms with Crippen molar-refractivity contribution in [1.29, 1.82) is 0 Å². The van der Waals surface area contributed by atoms with E-state index in [1.54, 1.807) is 0 Å². The quantitative estimate of drug-likeness (QED) is 0.146. The SMILES string of the molecule is c1ccc(-c2ccc(-c3ccc(N(c4ccc5c(c4)sc4ccccc45)c4cc(-c5cc6ccccc6c6ccccc56)ccc4-c4ccccc4)cc3)cc2)cc1. The summed E-state index contributed by atoms with van der Waals surface area (Å²) in [5.41, 5.74) is 12.9. The molecule has 10 aromatic carbocycles. The minimum absolute atomic E-state index is 1.10. The third-order valence-electron chi connectivity index (χ3n) is 11.5. The zero-order valence-electron chi connectivity index (χ0n) is 31.7. The molecule has 0 saturated carbocycles. The molecular weight excluding hydrogens is 719 g/mol. The molecule has 11 rings (SSSR count). The topological polar surface area (TPSA) is 3.24 Å². The Kier molecular flexibility index (Phi) is 8.42. The second-order valence-electron chi connectivity index (χ2n) is 14.9. The van der Waals surface area contributed by atoms with Crippen LogP contribution in [0.2, 0.25) is 0 Å². The van der Waals surface area contributed by atoms with Gasteiger partial charge in [0.25, 0.3) is 0 Å². The maximum atomic E-state index is 2.46. The van der Waals surface area contributed by atoms with Crippen LogP contribution in [0.5, 0.6) is 0 Å². The summed E-state index contributed by atoms with van der Waals surface area (Å²) < 4.78 is 2.58. The molecule has 0 atom stereocenters. The van der Waals surface area contributed by atoms with Gasteiger partial charge in [-0.3, -0.25) is 0 Å². The zero-order valence-corrected chi connectivity index (χ0v) is 32.5. The highest BCUT2D eigenvalue weighted by Gasteiger charge is 2.21. The highest BCUT2D eigenvalue weighted by Crippen LogP contribution is 2.46. The Morgan fingerprint density at radius 3 is 1.52 bits per heavy atom. The second kappa shape index (κ2) is 14.4. The highest BCUT2D eigenvalue weighted by atomic mass is 32.1. The molecule has 0 aliphatic rings. The number of hydrogen-bond acceptors (Lipinski definition) is 2. The Balaban J connectivity index is 1.11. The minimum Gasteiger partial charge on any atom is -0.310 e. The number of fused-ring (bicyclic) bond motifs is 6. The maximum absolute atomic E-state index is 2.46. The molecule has 0 unspecified atom stereocenters. The van der Waals surface area contributed by atoms with E-state index in [1.807, 2.05) is 11.3 Å². The molecule has 0 amide bonds. The van der Waals surface area contributed by atoms with E-state index in [0.29, 0.717) is 0 Å². The van der Waals surface area contributed by atoms with Crippen molar-refractivity contribution in [3.05, 3.63) is 224 Å². The highest BCUT2D eigenvalue weighted by molar-refractivity contribution is 7.25. The smallest absolute Gasteiger partial charge is 0.0546 e. The van der Waals surface area contributed by atoms with E-state index in [-0.39, 0.29) is 0 Å². The summed E-state index contributed by atoms with van der Waals surface area (Å²) in [6.45, 7) is 0. The molecule has 0 aliphatic carbocycles. The van der Waals surface area contributed by atoms with Crippen LogP contribution in [0.4, 0.5) is 17.1 Å². The van der Waals surface area contributed by atoms with E-state index < -0.39 is 0 Å². The maximum Gasteiger partial charge on any atom is 0.0546 e. The number of nitrogens with zero attached hydrogens (tertiary/aromatic N) is 1. The van der Waals surface area contributed by atoms with Crippen molar-refractivity contribution in [2.75, 3.05) is 4.90 Å². The third kappa shape index (κ3) is 6.03. The fourth-order valence-electron chi connectivity index (χ4n) is 8.61. The van der Waals surface area contributed by atoms with Crippen molar-refractivity contribution >= 4 is 70.1 Å². The van der Waals surface area contributed by atoms with Crippen molar-refractivity contribution in [2.24, 2.45) is 0 Å². The van der Waals surface area contributed by atoms with Gasteiger partial charge in [-0.05, 0) is 103 Å². The van der Waals surface area contributed by atoms with Gasteiger partial charge in [-0.1, -0.05) is 182 Å². The van der Waals surface area contributed by atoms with E-state index in [9.17, 15) is 0 Å². The van der Waals surface area contributed by atoms with Crippen LogP contribution < -0.4 is 4.90 Å². The molecule has 0 saturated heterocycles. The largest absolute Gasteiger partial charge is 0.310 e. The van der Waals surface area contributed by atoms with E-state index in [1.165, 1.54) is 86.2 Å². The molecule has 0 radical (unpaired) electrons. The Labute approximate surface area is 342 Å². The number of benzene rings is 10. The summed E-state index contributed by atoms with van der Waals surface area (Å²) >= 11 is 1.86. The van der Waals surface area contributed by atoms with Crippen LogP contribution in [0, 0.1) is 0 Å². The second-order valence-corrected chi connectivity index (χ2v) is 16.0. The van der Waals surface area contributed by atoms with Crippen LogP contribution in [0.1, 0.15) is 0 Å². The van der Waals surface area contributed by atoms with Gasteiger partial charge in [-0.25, -0.2) is 0 Å². The molecule has 0 bridgehead atoms. The Morgan fingerprint density at radius 1 is 0.276 bits per heavy atom. The molecule has 0 spiro atoms. The number of anilines is 3. The van der Waals surface area contributed by atoms with Crippen LogP contribution in [0.25, 0.3) is 86.2 Å². The van der Waals surface area contributed by atoms with Gasteiger partial charge in [-0.15, -0.1) is 11.3 Å². The molecule has 1 nitrogen and oxygen atoms in total. The lowest BCUT2D eigenvalue weighted by Crippen LogP contribution is -2.11. The van der Waals surface area contributed by atoms with Gasteiger partial charge in [-0.2, -0.15) is 0 Å². The van der Waals surface area contributed by atoms with Crippen molar-refractivity contribution in [3.8, 4) is 44.5 Å². The van der Waals surface area contributed by atoms with Gasteiger partial charge in [0.05, 0.1) is 5.69 Å². The predicted molar refractivity (Wildman–Crippen MR) is 251 cm³/mol. The van der Waals surface area contributed by atoms with Crippen LogP contribution in [-0.2, 0) is 0 Å². The van der Waals surface area contributed by atoms with Crippen LogP contribution in [0.15, 0.2) is 224 Å². The Morgan fingerprint density at radius 2 is 0.793 bits per heavy atom.